The number of aliphatic hydroxyl groups is 1. The van der Waals surface area contributed by atoms with E-state index in [2.05, 4.69) is 78.1 Å². The van der Waals surface area contributed by atoms with Crippen LogP contribution in [0.4, 0.5) is 5.69 Å². The Morgan fingerprint density at radius 3 is 2.67 bits per heavy atom. The number of carbonyl (C=O) groups is 2. The molecule has 0 amide bonds. The minimum atomic E-state index is -1.92. The van der Waals surface area contributed by atoms with Crippen LogP contribution in [0.15, 0.2) is 34.6 Å². The Morgan fingerprint density at radius 2 is 2.00 bits per heavy atom. The Bertz CT molecular complexity index is 1130. The molecule has 1 N–H and O–H groups in total. The van der Waals surface area contributed by atoms with E-state index in [1.807, 2.05) is 18.2 Å². The number of alkyl halides is 2. The summed E-state index contributed by atoms with van der Waals surface area (Å²) in [6, 6.07) is 7.45. The van der Waals surface area contributed by atoms with Crippen molar-refractivity contribution in [1.29, 1.82) is 0 Å². The first-order valence-corrected chi connectivity index (χ1v) is 12.2. The van der Waals surface area contributed by atoms with Gasteiger partial charge in [-0.3, -0.25) is 9.59 Å². The predicted octanol–water partition coefficient (Wildman–Crippen LogP) is 5.06. The number of fused-ring (bicyclic) bond motifs is 3. The molecule has 0 saturated heterocycles. The molecule has 2 aliphatic rings. The number of ketones is 2. The lowest BCUT2D eigenvalue weighted by Gasteiger charge is -2.35. The molecule has 7 nitrogen and oxygen atoms in total. The Kier molecular flexibility index (Phi) is 6.13. The summed E-state index contributed by atoms with van der Waals surface area (Å²) in [6.45, 7) is 0. The monoisotopic (exact) mass is 742 g/mol. The molecule has 2 aromatic carbocycles. The fourth-order valence-electron chi connectivity index (χ4n) is 4.28. The van der Waals surface area contributed by atoms with Crippen molar-refractivity contribution in [2.45, 2.75) is 26.9 Å². The lowest BCUT2D eigenvalue weighted by molar-refractivity contribution is -0.131. The van der Waals surface area contributed by atoms with Crippen LogP contribution >= 0.6 is 67.8 Å². The van der Waals surface area contributed by atoms with E-state index in [0.29, 0.717) is 24.0 Å². The van der Waals surface area contributed by atoms with Crippen molar-refractivity contribution in [3.8, 4) is 0 Å². The van der Waals surface area contributed by atoms with Crippen molar-refractivity contribution in [2.75, 3.05) is 0 Å². The molecular formula is C20H13I3N2O5. The minimum absolute atomic E-state index is 0.0563. The number of nitrogens with zero attached hydrogens (tertiary/aromatic N) is 2. The smallest absolute Gasteiger partial charge is 0.246 e. The number of rotatable bonds is 4. The zero-order valence-corrected chi connectivity index (χ0v) is 21.7. The molecule has 2 aromatic rings. The van der Waals surface area contributed by atoms with Crippen LogP contribution in [0.1, 0.15) is 44.6 Å². The van der Waals surface area contributed by atoms with Gasteiger partial charge in [0.25, 0.3) is 0 Å². The van der Waals surface area contributed by atoms with E-state index in [4.69, 9.17) is 0 Å². The van der Waals surface area contributed by atoms with Gasteiger partial charge in [0.15, 0.2) is 11.6 Å². The van der Waals surface area contributed by atoms with Crippen molar-refractivity contribution in [2.24, 2.45) is 16.3 Å². The average Bonchev–Trinajstić information content (AvgIpc) is 2.74. The normalized spacial score (nSPS) is 19.9. The highest BCUT2D eigenvalue weighted by Crippen LogP contribution is 2.56. The van der Waals surface area contributed by atoms with E-state index in [1.54, 1.807) is 6.07 Å². The van der Waals surface area contributed by atoms with Gasteiger partial charge in [0.05, 0.1) is 5.56 Å². The Balaban J connectivity index is 1.91. The third-order valence-corrected chi connectivity index (χ3v) is 8.84. The van der Waals surface area contributed by atoms with E-state index in [0.717, 1.165) is 20.3 Å². The summed E-state index contributed by atoms with van der Waals surface area (Å²) in [5.41, 5.74) is 3.90. The number of halogens is 3. The van der Waals surface area contributed by atoms with Crippen LogP contribution in [-0.2, 0) is 19.1 Å². The number of nitroso groups, excluding NO2 is 2. The molecule has 0 radical (unpaired) electrons. The second kappa shape index (κ2) is 8.24. The molecule has 0 aromatic heterocycles. The third kappa shape index (κ3) is 3.37. The van der Waals surface area contributed by atoms with Crippen LogP contribution in [0.3, 0.4) is 0 Å². The highest BCUT2D eigenvalue weighted by molar-refractivity contribution is 14.2. The van der Waals surface area contributed by atoms with Crippen molar-refractivity contribution < 1.29 is 14.7 Å². The molecular weight excluding hydrogens is 729 g/mol. The Morgan fingerprint density at radius 1 is 1.27 bits per heavy atom. The molecule has 2 unspecified atom stereocenters. The van der Waals surface area contributed by atoms with Gasteiger partial charge in [0, 0.05) is 20.6 Å². The quantitative estimate of drug-likeness (QED) is 0.268. The van der Waals surface area contributed by atoms with E-state index in [-0.39, 0.29) is 23.5 Å². The number of aliphatic hydroxyl groups excluding tert-OH is 1. The standard InChI is InChI=1S/C20H13I3N2O5/c21-13-3-1-2-10-15(13)20(22,23)12-7-8-4-5-9(17(26)19(28)25-30)6-11(8)16(24-29)14(12)18(10)27/h1-3,7,9,19,28H,4-6H2. The average molecular weight is 742 g/mol. The molecule has 154 valence electrons. The van der Waals surface area contributed by atoms with Crippen molar-refractivity contribution >= 4 is 85.0 Å². The van der Waals surface area contributed by atoms with E-state index in [1.165, 1.54) is 0 Å². The maximum atomic E-state index is 13.4. The van der Waals surface area contributed by atoms with Crippen LogP contribution in [0.2, 0.25) is 0 Å². The Labute approximate surface area is 212 Å². The summed E-state index contributed by atoms with van der Waals surface area (Å²) in [6.07, 6.45) is -0.887. The third-order valence-electron chi connectivity index (χ3n) is 5.70. The summed E-state index contributed by atoms with van der Waals surface area (Å²) < 4.78 is 0.400. The van der Waals surface area contributed by atoms with Crippen molar-refractivity contribution in [3.63, 3.8) is 0 Å². The number of Topliss-reactive ketones (excluding diaryl/α,β-unsaturated/α-hetero) is 1. The SMILES string of the molecule is O=Nc1c2c(cc3c1C(=O)c1cccc(I)c1C3(I)I)CCC(C(=O)C(O)N=O)C2. The van der Waals surface area contributed by atoms with Gasteiger partial charge in [-0.15, -0.1) is 9.81 Å². The van der Waals surface area contributed by atoms with Gasteiger partial charge in [-0.1, -0.05) is 63.4 Å². The molecule has 0 bridgehead atoms. The van der Waals surface area contributed by atoms with Gasteiger partial charge in [0.2, 0.25) is 6.23 Å². The van der Waals surface area contributed by atoms with Gasteiger partial charge in [-0.2, -0.15) is 0 Å². The maximum Gasteiger partial charge on any atom is 0.246 e. The van der Waals surface area contributed by atoms with Gasteiger partial charge in [-0.05, 0) is 75.0 Å². The first-order chi connectivity index (χ1) is 14.2. The van der Waals surface area contributed by atoms with Gasteiger partial charge >= 0.3 is 0 Å². The largest absolute Gasteiger partial charge is 0.363 e. The molecule has 0 spiro atoms. The topological polar surface area (TPSA) is 113 Å². The number of carbonyl (C=O) groups excluding carboxylic acids is 2. The molecule has 0 aliphatic heterocycles. The maximum absolute atomic E-state index is 13.4. The highest BCUT2D eigenvalue weighted by Gasteiger charge is 2.45. The molecule has 10 heteroatoms. The van der Waals surface area contributed by atoms with Gasteiger partial charge < -0.3 is 5.11 Å². The molecule has 4 rings (SSSR count). The van der Waals surface area contributed by atoms with Crippen LogP contribution < -0.4 is 0 Å². The minimum Gasteiger partial charge on any atom is -0.363 e. The van der Waals surface area contributed by atoms with Crippen LogP contribution in [-0.4, -0.2) is 22.9 Å². The molecule has 0 saturated carbocycles. The van der Waals surface area contributed by atoms with Gasteiger partial charge in [0.1, 0.15) is 7.12 Å². The summed E-state index contributed by atoms with van der Waals surface area (Å²) in [4.78, 5) is 48.2. The van der Waals surface area contributed by atoms with Crippen LogP contribution in [0.25, 0.3) is 0 Å². The molecule has 30 heavy (non-hydrogen) atoms. The molecule has 0 heterocycles. The molecule has 2 atom stereocenters. The fraction of sp³-hybridized carbons (Fsp3) is 0.300. The fourth-order valence-corrected chi connectivity index (χ4v) is 8.23. The molecule has 0 fully saturated rings. The summed E-state index contributed by atoms with van der Waals surface area (Å²) >= 11 is 6.81. The highest BCUT2D eigenvalue weighted by atomic mass is 127. The lowest BCUT2D eigenvalue weighted by Crippen LogP contribution is -2.32. The van der Waals surface area contributed by atoms with Gasteiger partial charge in [-0.25, -0.2) is 0 Å². The predicted molar refractivity (Wildman–Crippen MR) is 136 cm³/mol. The Hall–Kier alpha value is -0.870. The number of hydrogen-bond donors (Lipinski definition) is 1. The van der Waals surface area contributed by atoms with E-state index < -0.39 is 19.4 Å². The van der Waals surface area contributed by atoms with E-state index in [9.17, 15) is 24.5 Å². The zero-order valence-electron chi connectivity index (χ0n) is 15.2. The lowest BCUT2D eigenvalue weighted by atomic mass is 9.75. The zero-order chi connectivity index (χ0) is 21.8. The molecule has 2 aliphatic carbocycles. The first kappa shape index (κ1) is 22.3. The number of aryl methyl sites for hydroxylation is 1. The second-order valence-corrected chi connectivity index (χ2v) is 13.7. The first-order valence-electron chi connectivity index (χ1n) is 9.00. The van der Waals surface area contributed by atoms with E-state index >= 15 is 0 Å². The van der Waals surface area contributed by atoms with Crippen molar-refractivity contribution in [3.05, 3.63) is 71.0 Å². The van der Waals surface area contributed by atoms with Crippen LogP contribution in [0, 0.1) is 19.3 Å². The second-order valence-electron chi connectivity index (χ2n) is 7.26. The summed E-state index contributed by atoms with van der Waals surface area (Å²) in [7, 11) is 0. The number of benzene rings is 2. The van der Waals surface area contributed by atoms with Crippen LogP contribution in [0.5, 0.6) is 0 Å². The van der Waals surface area contributed by atoms with Crippen molar-refractivity contribution in [1.82, 2.24) is 0 Å². The summed E-state index contributed by atoms with van der Waals surface area (Å²) in [5.74, 6) is -1.59. The summed E-state index contributed by atoms with van der Waals surface area (Å²) in [5, 5.41) is 15.2. The number of hydrogen-bond acceptors (Lipinski definition) is 7.